The lowest BCUT2D eigenvalue weighted by Crippen LogP contribution is -2.40. The molecule has 1 heterocycles. The van der Waals surface area contributed by atoms with E-state index in [9.17, 15) is 27.6 Å². The van der Waals surface area contributed by atoms with E-state index in [1.54, 1.807) is 0 Å². The van der Waals surface area contributed by atoms with Gasteiger partial charge in [0.2, 0.25) is 5.91 Å². The summed E-state index contributed by atoms with van der Waals surface area (Å²) in [6, 6.07) is 1.47. The van der Waals surface area contributed by atoms with Crippen LogP contribution in [-0.4, -0.2) is 40.2 Å². The number of aromatic nitrogens is 2. The van der Waals surface area contributed by atoms with Crippen molar-refractivity contribution in [2.45, 2.75) is 20.0 Å². The number of ether oxygens (including phenoxy) is 1. The maximum absolute atomic E-state index is 13.5. The number of carbonyl (C=O) groups is 3. The molecule has 0 aliphatic heterocycles. The Labute approximate surface area is 168 Å². The minimum atomic E-state index is -1.74. The summed E-state index contributed by atoms with van der Waals surface area (Å²) in [7, 11) is 1.52. The maximum atomic E-state index is 13.5. The van der Waals surface area contributed by atoms with Gasteiger partial charge >= 0.3 is 5.97 Å². The summed E-state index contributed by atoms with van der Waals surface area (Å²) in [4.78, 5) is 35.9. The van der Waals surface area contributed by atoms with Gasteiger partial charge in [0.25, 0.3) is 5.91 Å². The maximum Gasteiger partial charge on any atom is 0.343 e. The fourth-order valence-electron chi connectivity index (χ4n) is 2.26. The molecule has 0 aliphatic carbocycles. The number of hydrogen-bond donors (Lipinski definition) is 2. The van der Waals surface area contributed by atoms with Gasteiger partial charge in [-0.05, 0) is 26.0 Å². The Morgan fingerprint density at radius 2 is 1.90 bits per heavy atom. The number of benzene rings is 1. The normalized spacial score (nSPS) is 11.7. The molecule has 29 heavy (non-hydrogen) atoms. The number of hydrogen-bond acceptors (Lipinski definition) is 5. The second-order valence-corrected chi connectivity index (χ2v) is 6.27. The highest BCUT2D eigenvalue weighted by molar-refractivity contribution is 6.32. The average molecular weight is 433 g/mol. The van der Waals surface area contributed by atoms with Gasteiger partial charge in [-0.2, -0.15) is 5.10 Å². The van der Waals surface area contributed by atoms with Crippen LogP contribution in [0.2, 0.25) is 5.15 Å². The van der Waals surface area contributed by atoms with Crippen LogP contribution in [0.25, 0.3) is 0 Å². The minimum absolute atomic E-state index is 0.000344. The molecule has 0 saturated carbocycles. The summed E-state index contributed by atoms with van der Waals surface area (Å²) in [5.41, 5.74) is -0.285. The molecule has 1 unspecified atom stereocenters. The van der Waals surface area contributed by atoms with E-state index in [-0.39, 0.29) is 10.7 Å². The van der Waals surface area contributed by atoms with Gasteiger partial charge in [-0.1, -0.05) is 11.6 Å². The fraction of sp³-hybridized carbons (Fsp3) is 0.294. The third-order valence-electron chi connectivity index (χ3n) is 3.74. The van der Waals surface area contributed by atoms with Crippen molar-refractivity contribution in [2.24, 2.45) is 7.05 Å². The van der Waals surface area contributed by atoms with Crippen LogP contribution in [0, 0.1) is 24.4 Å². The summed E-state index contributed by atoms with van der Waals surface area (Å²) in [6.07, 6.45) is -1.29. The molecule has 156 valence electrons. The lowest BCUT2D eigenvalue weighted by Gasteiger charge is -2.13. The van der Waals surface area contributed by atoms with Gasteiger partial charge in [-0.3, -0.25) is 14.3 Å². The average Bonchev–Trinajstić information content (AvgIpc) is 2.91. The lowest BCUT2D eigenvalue weighted by atomic mass is 10.2. The van der Waals surface area contributed by atoms with Crippen molar-refractivity contribution in [2.75, 3.05) is 11.9 Å². The highest BCUT2D eigenvalue weighted by Crippen LogP contribution is 2.20. The van der Waals surface area contributed by atoms with E-state index in [1.165, 1.54) is 25.6 Å². The number of amides is 2. The zero-order valence-electron chi connectivity index (χ0n) is 15.5. The lowest BCUT2D eigenvalue weighted by molar-refractivity contribution is -0.130. The third kappa shape index (κ3) is 5.05. The van der Waals surface area contributed by atoms with Crippen molar-refractivity contribution in [3.8, 4) is 0 Å². The zero-order valence-corrected chi connectivity index (χ0v) is 16.2. The van der Waals surface area contributed by atoms with Crippen LogP contribution in [0.3, 0.4) is 0 Å². The van der Waals surface area contributed by atoms with Gasteiger partial charge in [-0.25, -0.2) is 18.0 Å². The molecule has 0 spiro atoms. The number of esters is 1. The number of nitrogens with one attached hydrogen (secondary N) is 2. The summed E-state index contributed by atoms with van der Waals surface area (Å²) < 4.78 is 45.8. The molecule has 12 heteroatoms. The first-order valence-corrected chi connectivity index (χ1v) is 8.51. The van der Waals surface area contributed by atoms with Crippen LogP contribution in [-0.2, 0) is 21.4 Å². The summed E-state index contributed by atoms with van der Waals surface area (Å²) in [5, 5.41) is 8.14. The first-order chi connectivity index (χ1) is 13.5. The smallest absolute Gasteiger partial charge is 0.343 e. The number of nitrogens with zero attached hydrogens (tertiary/aromatic N) is 2. The van der Waals surface area contributed by atoms with Crippen LogP contribution in [0.5, 0.6) is 0 Å². The summed E-state index contributed by atoms with van der Waals surface area (Å²) in [6.45, 7) is 2.17. The predicted octanol–water partition coefficient (Wildman–Crippen LogP) is 2.10. The fourth-order valence-corrected chi connectivity index (χ4v) is 2.51. The highest BCUT2D eigenvalue weighted by Gasteiger charge is 2.25. The van der Waals surface area contributed by atoms with Crippen LogP contribution in [0.15, 0.2) is 12.1 Å². The van der Waals surface area contributed by atoms with Crippen LogP contribution < -0.4 is 10.6 Å². The third-order valence-corrected chi connectivity index (χ3v) is 4.18. The standard InChI is InChI=1S/C17H16ClF3N4O4/c1-7-12(15(18)25(3)24-7)17(28)29-8(2)16(27)22-6-11(26)23-10-5-4-9(19)13(20)14(10)21/h4-5,8H,6H2,1-3H3,(H,22,27)(H,23,26). The van der Waals surface area contributed by atoms with Gasteiger partial charge in [-0.15, -0.1) is 0 Å². The molecule has 0 fully saturated rings. The van der Waals surface area contributed by atoms with Crippen LogP contribution in [0.1, 0.15) is 23.0 Å². The van der Waals surface area contributed by atoms with Gasteiger partial charge in [0.05, 0.1) is 17.9 Å². The van der Waals surface area contributed by atoms with E-state index in [2.05, 4.69) is 10.4 Å². The van der Waals surface area contributed by atoms with E-state index < -0.39 is 53.6 Å². The predicted molar refractivity (Wildman–Crippen MR) is 95.8 cm³/mol. The second-order valence-electron chi connectivity index (χ2n) is 5.91. The van der Waals surface area contributed by atoms with Crippen molar-refractivity contribution < 1.29 is 32.3 Å². The van der Waals surface area contributed by atoms with Crippen LogP contribution >= 0.6 is 11.6 Å². The molecule has 1 atom stereocenters. The topological polar surface area (TPSA) is 102 Å². The Morgan fingerprint density at radius 1 is 1.24 bits per heavy atom. The molecule has 2 rings (SSSR count). The quantitative estimate of drug-likeness (QED) is 0.537. The van der Waals surface area contributed by atoms with Gasteiger partial charge in [0, 0.05) is 7.05 Å². The number of aryl methyl sites for hydroxylation is 2. The zero-order chi connectivity index (χ0) is 21.9. The minimum Gasteiger partial charge on any atom is -0.449 e. The van der Waals surface area contributed by atoms with E-state index in [1.807, 2.05) is 5.32 Å². The molecule has 2 aromatic rings. The molecule has 2 N–H and O–H groups in total. The largest absolute Gasteiger partial charge is 0.449 e. The van der Waals surface area contributed by atoms with E-state index in [0.717, 1.165) is 6.07 Å². The SMILES string of the molecule is Cc1nn(C)c(Cl)c1C(=O)OC(C)C(=O)NCC(=O)Nc1ccc(F)c(F)c1F. The summed E-state index contributed by atoms with van der Waals surface area (Å²) >= 11 is 5.95. The van der Waals surface area contributed by atoms with Crippen molar-refractivity contribution in [1.82, 2.24) is 15.1 Å². The second kappa shape index (κ2) is 8.95. The van der Waals surface area contributed by atoms with Crippen LogP contribution in [0.4, 0.5) is 18.9 Å². The van der Waals surface area contributed by atoms with Gasteiger partial charge in [0.15, 0.2) is 23.6 Å². The van der Waals surface area contributed by atoms with E-state index in [0.29, 0.717) is 11.8 Å². The number of carbonyl (C=O) groups excluding carboxylic acids is 3. The molecule has 1 aromatic carbocycles. The molecular formula is C17H16ClF3N4O4. The number of halogens is 4. The molecule has 2 amide bonds. The molecule has 0 aliphatic rings. The van der Waals surface area contributed by atoms with Crippen molar-refractivity contribution in [1.29, 1.82) is 0 Å². The monoisotopic (exact) mass is 432 g/mol. The van der Waals surface area contributed by atoms with Gasteiger partial charge in [0.1, 0.15) is 10.7 Å². The molecule has 0 radical (unpaired) electrons. The molecule has 0 bridgehead atoms. The first kappa shape index (κ1) is 22.2. The Bertz CT molecular complexity index is 980. The Balaban J connectivity index is 1.90. The Kier molecular flexibility index (Phi) is 6.85. The molecule has 0 saturated heterocycles. The van der Waals surface area contributed by atoms with E-state index in [4.69, 9.17) is 16.3 Å². The van der Waals surface area contributed by atoms with Gasteiger partial charge < -0.3 is 15.4 Å². The Morgan fingerprint density at radius 3 is 2.48 bits per heavy atom. The van der Waals surface area contributed by atoms with E-state index >= 15 is 0 Å². The summed E-state index contributed by atoms with van der Waals surface area (Å²) in [5.74, 6) is -7.33. The number of anilines is 1. The number of rotatable bonds is 6. The molecule has 1 aromatic heterocycles. The van der Waals surface area contributed by atoms with Crippen molar-refractivity contribution in [3.63, 3.8) is 0 Å². The van der Waals surface area contributed by atoms with Crippen molar-refractivity contribution >= 4 is 35.1 Å². The van der Waals surface area contributed by atoms with Crippen molar-refractivity contribution in [3.05, 3.63) is 46.0 Å². The molecule has 8 nitrogen and oxygen atoms in total. The molecular weight excluding hydrogens is 417 g/mol. The Hall–Kier alpha value is -3.08. The highest BCUT2D eigenvalue weighted by atomic mass is 35.5. The first-order valence-electron chi connectivity index (χ1n) is 8.14.